The molecule has 4 aliphatic rings. The Balaban J connectivity index is 0.000000164. The molecule has 0 aliphatic carbocycles. The smallest absolute Gasteiger partial charge is 0.270 e. The number of likely N-dealkylation sites (tertiary alicyclic amines) is 1. The second-order valence-corrected chi connectivity index (χ2v) is 11.1. The molecule has 0 aromatic heterocycles. The fourth-order valence-electron chi connectivity index (χ4n) is 5.66. The molecule has 0 radical (unpaired) electrons. The van der Waals surface area contributed by atoms with Crippen molar-refractivity contribution in [3.05, 3.63) is 83.4 Å². The molecule has 7 rings (SSSR count). The zero-order chi connectivity index (χ0) is 32.1. The third-order valence-electron chi connectivity index (χ3n) is 8.12. The van der Waals surface area contributed by atoms with Crippen LogP contribution in [0.15, 0.2) is 66.8 Å². The molecule has 10 heteroatoms. The molecule has 0 saturated carbocycles. The lowest BCUT2D eigenvalue weighted by molar-refractivity contribution is -0.126. The first-order valence-corrected chi connectivity index (χ1v) is 15.1. The lowest BCUT2D eigenvalue weighted by Crippen LogP contribution is -2.47. The number of aliphatic hydroxyl groups is 1. The van der Waals surface area contributed by atoms with Gasteiger partial charge >= 0.3 is 0 Å². The van der Waals surface area contributed by atoms with E-state index in [0.717, 1.165) is 48.6 Å². The molecule has 1 unspecified atom stereocenters. The van der Waals surface area contributed by atoms with E-state index in [1.807, 2.05) is 53.5 Å². The van der Waals surface area contributed by atoms with Crippen molar-refractivity contribution in [1.82, 2.24) is 4.90 Å². The average Bonchev–Trinajstić information content (AvgIpc) is 3.57. The largest absolute Gasteiger partial charge is 0.497 e. The summed E-state index contributed by atoms with van der Waals surface area (Å²) < 4.78 is 38.1. The molecule has 1 fully saturated rings. The fraction of sp³-hybridized carbons (Fsp3) is 0.306. The zero-order valence-electron chi connectivity index (χ0n) is 26.1. The van der Waals surface area contributed by atoms with E-state index in [4.69, 9.17) is 33.2 Å². The molecule has 3 aromatic rings. The van der Waals surface area contributed by atoms with Crippen LogP contribution >= 0.6 is 0 Å². The molecule has 4 aliphatic heterocycles. The summed E-state index contributed by atoms with van der Waals surface area (Å²) in [7, 11) is 4.71. The number of methoxy groups -OCH3 is 3. The summed E-state index contributed by atoms with van der Waals surface area (Å²) in [6.07, 6.45) is 12.6. The number of rotatable bonds is 6. The van der Waals surface area contributed by atoms with Crippen LogP contribution in [0.5, 0.6) is 40.2 Å². The number of ether oxygens (including phenoxy) is 7. The van der Waals surface area contributed by atoms with E-state index in [9.17, 15) is 9.90 Å². The summed E-state index contributed by atoms with van der Waals surface area (Å²) in [5.74, 6) is 2.99. The van der Waals surface area contributed by atoms with Crippen LogP contribution in [-0.2, 0) is 4.79 Å². The minimum absolute atomic E-state index is 0.0298. The van der Waals surface area contributed by atoms with Gasteiger partial charge in [-0.25, -0.2) is 0 Å². The van der Waals surface area contributed by atoms with Crippen molar-refractivity contribution in [2.75, 3.05) is 47.8 Å². The molecule has 1 saturated heterocycles. The highest BCUT2D eigenvalue weighted by molar-refractivity contribution is 5.92. The Kier molecular flexibility index (Phi) is 9.07. The summed E-state index contributed by atoms with van der Waals surface area (Å²) in [5.41, 5.74) is 3.19. The molecular weight excluding hydrogens is 590 g/mol. The van der Waals surface area contributed by atoms with Gasteiger partial charge in [0.15, 0.2) is 29.6 Å². The molecule has 0 spiro atoms. The van der Waals surface area contributed by atoms with Crippen molar-refractivity contribution >= 4 is 23.6 Å². The monoisotopic (exact) mass is 627 g/mol. The average molecular weight is 628 g/mol. The van der Waals surface area contributed by atoms with E-state index in [0.29, 0.717) is 39.9 Å². The van der Waals surface area contributed by atoms with E-state index in [1.54, 1.807) is 51.7 Å². The molecule has 46 heavy (non-hydrogen) atoms. The normalized spacial score (nSPS) is 19.0. The SMILES string of the molecule is COc1ccc2c(c1)OC1(O)COc3cc(OC)c(OC)cc3C1=C2.O=C(C=CC=Cc1ccc2c(c1)OCO2)N1CCCCC1. The van der Waals surface area contributed by atoms with Gasteiger partial charge in [-0.15, -0.1) is 0 Å². The second kappa shape index (κ2) is 13.5. The number of piperidine rings is 1. The van der Waals surface area contributed by atoms with Gasteiger partial charge in [0.2, 0.25) is 12.7 Å². The first-order valence-electron chi connectivity index (χ1n) is 15.1. The van der Waals surface area contributed by atoms with Gasteiger partial charge in [-0.3, -0.25) is 4.79 Å². The number of carbonyl (C=O) groups excluding carboxylic acids is 1. The summed E-state index contributed by atoms with van der Waals surface area (Å²) in [6, 6.07) is 14.8. The first-order chi connectivity index (χ1) is 22.4. The van der Waals surface area contributed by atoms with Crippen LogP contribution in [0.25, 0.3) is 17.7 Å². The molecule has 10 nitrogen and oxygen atoms in total. The van der Waals surface area contributed by atoms with Crippen LogP contribution in [0.1, 0.15) is 36.0 Å². The number of benzene rings is 3. The van der Waals surface area contributed by atoms with Gasteiger partial charge in [0, 0.05) is 48.0 Å². The third kappa shape index (κ3) is 6.48. The summed E-state index contributed by atoms with van der Waals surface area (Å²) >= 11 is 0. The van der Waals surface area contributed by atoms with Crippen molar-refractivity contribution in [3.63, 3.8) is 0 Å². The van der Waals surface area contributed by atoms with Gasteiger partial charge in [-0.1, -0.05) is 24.3 Å². The van der Waals surface area contributed by atoms with E-state index >= 15 is 0 Å². The van der Waals surface area contributed by atoms with E-state index in [1.165, 1.54) is 6.42 Å². The molecule has 1 amide bonds. The molecule has 1 N–H and O–H groups in total. The van der Waals surface area contributed by atoms with Crippen molar-refractivity contribution < 1.29 is 43.1 Å². The molecule has 3 aromatic carbocycles. The Hall–Kier alpha value is -5.09. The predicted molar refractivity (Wildman–Crippen MR) is 173 cm³/mol. The maximum Gasteiger partial charge on any atom is 0.270 e. The Morgan fingerprint density at radius 3 is 2.39 bits per heavy atom. The quantitative estimate of drug-likeness (QED) is 0.271. The molecule has 240 valence electrons. The number of fused-ring (bicyclic) bond motifs is 5. The van der Waals surface area contributed by atoms with Crippen LogP contribution in [0.2, 0.25) is 0 Å². The molecule has 1 atom stereocenters. The van der Waals surface area contributed by atoms with Crippen LogP contribution in [0.3, 0.4) is 0 Å². The number of amides is 1. The number of hydrogen-bond acceptors (Lipinski definition) is 9. The molecule has 0 bridgehead atoms. The van der Waals surface area contributed by atoms with Crippen molar-refractivity contribution in [3.8, 4) is 40.2 Å². The number of hydrogen-bond donors (Lipinski definition) is 1. The van der Waals surface area contributed by atoms with Crippen LogP contribution in [-0.4, -0.2) is 69.5 Å². The van der Waals surface area contributed by atoms with Gasteiger partial charge < -0.3 is 43.2 Å². The summed E-state index contributed by atoms with van der Waals surface area (Å²) in [5, 5.41) is 11.0. The Morgan fingerprint density at radius 1 is 0.826 bits per heavy atom. The first kappa shape index (κ1) is 30.9. The Bertz CT molecular complexity index is 1690. The van der Waals surface area contributed by atoms with Gasteiger partial charge in [0.25, 0.3) is 5.79 Å². The lowest BCUT2D eigenvalue weighted by Gasteiger charge is -2.39. The highest BCUT2D eigenvalue weighted by Gasteiger charge is 2.44. The minimum atomic E-state index is -1.58. The van der Waals surface area contributed by atoms with E-state index in [2.05, 4.69) is 0 Å². The highest BCUT2D eigenvalue weighted by atomic mass is 16.7. The van der Waals surface area contributed by atoms with Gasteiger partial charge in [0.1, 0.15) is 17.2 Å². The summed E-state index contributed by atoms with van der Waals surface area (Å²) in [4.78, 5) is 13.8. The number of nitrogens with zero attached hydrogens (tertiary/aromatic N) is 1. The van der Waals surface area contributed by atoms with Crippen molar-refractivity contribution in [1.29, 1.82) is 0 Å². The number of allylic oxidation sites excluding steroid dienone is 2. The standard InChI is InChI=1S/C19H18O6.C17H19NO3/c1-21-12-5-4-11-6-14-13-8-17(22-2)18(23-3)9-16(13)24-10-19(14,20)25-15(11)7-12;19-17(18-10-4-1-5-11-18)7-3-2-6-14-8-9-15-16(12-14)21-13-20-15/h4-9,20H,10H2,1-3H3;2-3,6-9,12H,1,4-5,10-11,13H2. The number of carbonyl (C=O) groups is 1. The Morgan fingerprint density at radius 2 is 1.61 bits per heavy atom. The predicted octanol–water partition coefficient (Wildman–Crippen LogP) is 5.72. The van der Waals surface area contributed by atoms with Crippen molar-refractivity contribution in [2.45, 2.75) is 25.0 Å². The van der Waals surface area contributed by atoms with Gasteiger partial charge in [0.05, 0.1) is 21.3 Å². The van der Waals surface area contributed by atoms with Crippen LogP contribution in [0.4, 0.5) is 0 Å². The van der Waals surface area contributed by atoms with E-state index < -0.39 is 5.79 Å². The van der Waals surface area contributed by atoms with Gasteiger partial charge in [-0.05, 0) is 61.2 Å². The highest BCUT2D eigenvalue weighted by Crippen LogP contribution is 2.49. The molecule has 4 heterocycles. The van der Waals surface area contributed by atoms with Crippen molar-refractivity contribution in [2.24, 2.45) is 0 Å². The van der Waals surface area contributed by atoms with E-state index in [-0.39, 0.29) is 19.3 Å². The lowest BCUT2D eigenvalue weighted by atomic mass is 9.90. The minimum Gasteiger partial charge on any atom is -0.497 e. The summed E-state index contributed by atoms with van der Waals surface area (Å²) in [6.45, 7) is 2.02. The Labute approximate surface area is 268 Å². The van der Waals surface area contributed by atoms with Crippen LogP contribution < -0.4 is 33.2 Å². The molecular formula is C36H37NO9. The second-order valence-electron chi connectivity index (χ2n) is 11.1. The van der Waals surface area contributed by atoms with Crippen LogP contribution in [0, 0.1) is 0 Å². The van der Waals surface area contributed by atoms with Gasteiger partial charge in [-0.2, -0.15) is 0 Å². The maximum atomic E-state index is 11.9. The fourth-order valence-corrected chi connectivity index (χ4v) is 5.66. The zero-order valence-corrected chi connectivity index (χ0v) is 26.1. The third-order valence-corrected chi connectivity index (χ3v) is 8.12. The maximum absolute atomic E-state index is 11.9. The topological polar surface area (TPSA) is 105 Å².